The second-order valence-corrected chi connectivity index (χ2v) is 7.61. The van der Waals surface area contributed by atoms with E-state index >= 15 is 0 Å². The Balaban J connectivity index is 2.05. The van der Waals surface area contributed by atoms with Crippen molar-refractivity contribution >= 4 is 9.84 Å². The van der Waals surface area contributed by atoms with Crippen LogP contribution in [0.5, 0.6) is 5.75 Å². The first-order chi connectivity index (χ1) is 11.4. The molecule has 0 unspecified atom stereocenters. The highest BCUT2D eigenvalue weighted by Crippen LogP contribution is 2.32. The van der Waals surface area contributed by atoms with Gasteiger partial charge in [-0.1, -0.05) is 24.3 Å². The maximum Gasteiger partial charge on any atom is 0.175 e. The Bertz CT molecular complexity index is 957. The quantitative estimate of drug-likeness (QED) is 0.731. The van der Waals surface area contributed by atoms with E-state index in [1.54, 1.807) is 36.1 Å². The van der Waals surface area contributed by atoms with Crippen LogP contribution in [-0.2, 0) is 16.9 Å². The molecule has 0 aliphatic heterocycles. The number of hydrogen-bond acceptors (Lipinski definition) is 4. The molecule has 0 saturated heterocycles. The van der Waals surface area contributed by atoms with Gasteiger partial charge in [-0.2, -0.15) is 5.10 Å². The van der Waals surface area contributed by atoms with Crippen LogP contribution in [0.1, 0.15) is 0 Å². The minimum absolute atomic E-state index is 0.299. The molecule has 0 bridgehead atoms. The first-order valence-corrected chi connectivity index (χ1v) is 9.26. The van der Waals surface area contributed by atoms with Crippen molar-refractivity contribution in [2.45, 2.75) is 4.90 Å². The molecule has 0 saturated carbocycles. The molecule has 3 rings (SSSR count). The number of rotatable bonds is 4. The summed E-state index contributed by atoms with van der Waals surface area (Å²) in [4.78, 5) is 0.299. The van der Waals surface area contributed by atoms with Crippen molar-refractivity contribution in [1.29, 1.82) is 0 Å². The molecule has 0 amide bonds. The second-order valence-electron chi connectivity index (χ2n) is 5.59. The highest BCUT2D eigenvalue weighted by Gasteiger charge is 2.14. The Labute approximate surface area is 141 Å². The van der Waals surface area contributed by atoms with Crippen molar-refractivity contribution in [1.82, 2.24) is 9.78 Å². The fourth-order valence-electron chi connectivity index (χ4n) is 2.54. The van der Waals surface area contributed by atoms with E-state index in [0.717, 1.165) is 28.1 Å². The van der Waals surface area contributed by atoms with E-state index in [2.05, 4.69) is 5.10 Å². The lowest BCUT2D eigenvalue weighted by molar-refractivity contribution is 0.415. The lowest BCUT2D eigenvalue weighted by Gasteiger charge is -2.05. The van der Waals surface area contributed by atoms with Crippen LogP contribution in [-0.4, -0.2) is 31.6 Å². The van der Waals surface area contributed by atoms with Gasteiger partial charge in [0.15, 0.2) is 9.84 Å². The molecule has 0 aliphatic carbocycles. The van der Waals surface area contributed by atoms with E-state index < -0.39 is 9.84 Å². The van der Waals surface area contributed by atoms with Crippen LogP contribution in [0.2, 0.25) is 0 Å². The van der Waals surface area contributed by atoms with E-state index in [0.29, 0.717) is 4.90 Å². The summed E-state index contributed by atoms with van der Waals surface area (Å²) in [6, 6.07) is 14.5. The van der Waals surface area contributed by atoms with Crippen molar-refractivity contribution < 1.29 is 13.2 Å². The van der Waals surface area contributed by atoms with Gasteiger partial charge in [0.05, 0.1) is 12.0 Å². The van der Waals surface area contributed by atoms with Gasteiger partial charge in [-0.25, -0.2) is 8.42 Å². The summed E-state index contributed by atoms with van der Waals surface area (Å²) in [5.41, 5.74) is 3.68. The summed E-state index contributed by atoms with van der Waals surface area (Å²) in [6.45, 7) is 0. The third-order valence-electron chi connectivity index (χ3n) is 3.79. The SMILES string of the molecule is COc1ccc(-c2cn(C)nc2-c2ccc(S(C)(=O)=O)cc2)cc1. The zero-order valence-electron chi connectivity index (χ0n) is 13.7. The van der Waals surface area contributed by atoms with Crippen molar-refractivity contribution in [3.63, 3.8) is 0 Å². The Morgan fingerprint density at radius 3 is 2.08 bits per heavy atom. The third-order valence-corrected chi connectivity index (χ3v) is 4.91. The van der Waals surface area contributed by atoms with Crippen molar-refractivity contribution in [2.24, 2.45) is 7.05 Å². The first kappa shape index (κ1) is 16.3. The van der Waals surface area contributed by atoms with Gasteiger partial charge in [-0.15, -0.1) is 0 Å². The topological polar surface area (TPSA) is 61.2 Å². The number of nitrogens with zero attached hydrogens (tertiary/aromatic N) is 2. The molecule has 24 heavy (non-hydrogen) atoms. The van der Waals surface area contributed by atoms with Crippen LogP contribution in [0.15, 0.2) is 59.6 Å². The fourth-order valence-corrected chi connectivity index (χ4v) is 3.17. The van der Waals surface area contributed by atoms with E-state index in [4.69, 9.17) is 4.74 Å². The molecule has 3 aromatic rings. The molecule has 6 heteroatoms. The second kappa shape index (κ2) is 6.13. The monoisotopic (exact) mass is 342 g/mol. The van der Waals surface area contributed by atoms with Gasteiger partial charge in [0.25, 0.3) is 0 Å². The van der Waals surface area contributed by atoms with Gasteiger partial charge in [0, 0.05) is 30.6 Å². The lowest BCUT2D eigenvalue weighted by Crippen LogP contribution is -1.96. The molecule has 0 fully saturated rings. The smallest absolute Gasteiger partial charge is 0.175 e. The van der Waals surface area contributed by atoms with Gasteiger partial charge < -0.3 is 4.74 Å². The number of benzene rings is 2. The maximum atomic E-state index is 11.6. The zero-order chi connectivity index (χ0) is 17.3. The highest BCUT2D eigenvalue weighted by atomic mass is 32.2. The molecule has 1 aromatic heterocycles. The Kier molecular flexibility index (Phi) is 4.15. The molecular formula is C18H18N2O3S. The van der Waals surface area contributed by atoms with Crippen molar-refractivity contribution in [3.8, 4) is 28.1 Å². The Morgan fingerprint density at radius 2 is 1.54 bits per heavy atom. The summed E-state index contributed by atoms with van der Waals surface area (Å²) in [6.07, 6.45) is 3.15. The number of aromatic nitrogens is 2. The molecule has 2 aromatic carbocycles. The molecule has 124 valence electrons. The summed E-state index contributed by atoms with van der Waals surface area (Å²) < 4.78 is 30.1. The minimum atomic E-state index is -3.21. The molecule has 0 radical (unpaired) electrons. The van der Waals surface area contributed by atoms with Gasteiger partial charge in [0.1, 0.15) is 11.4 Å². The maximum absolute atomic E-state index is 11.6. The number of sulfone groups is 1. The van der Waals surface area contributed by atoms with Gasteiger partial charge in [-0.05, 0) is 29.8 Å². The van der Waals surface area contributed by atoms with Gasteiger partial charge >= 0.3 is 0 Å². The summed E-state index contributed by atoms with van der Waals surface area (Å²) in [5, 5.41) is 4.53. The average Bonchev–Trinajstić information content (AvgIpc) is 2.96. The van der Waals surface area contributed by atoms with Crippen LogP contribution in [0, 0.1) is 0 Å². The van der Waals surface area contributed by atoms with Crippen molar-refractivity contribution in [2.75, 3.05) is 13.4 Å². The van der Waals surface area contributed by atoms with E-state index in [-0.39, 0.29) is 0 Å². The highest BCUT2D eigenvalue weighted by molar-refractivity contribution is 7.90. The van der Waals surface area contributed by atoms with E-state index in [1.807, 2.05) is 37.5 Å². The largest absolute Gasteiger partial charge is 0.497 e. The van der Waals surface area contributed by atoms with Crippen LogP contribution < -0.4 is 4.74 Å². The number of aryl methyl sites for hydroxylation is 1. The first-order valence-electron chi connectivity index (χ1n) is 7.37. The Hall–Kier alpha value is -2.60. The number of ether oxygens (including phenoxy) is 1. The average molecular weight is 342 g/mol. The summed E-state index contributed by atoms with van der Waals surface area (Å²) in [5.74, 6) is 0.793. The standard InChI is InChI=1S/C18H18N2O3S/c1-20-12-17(13-4-8-15(23-2)9-5-13)18(19-20)14-6-10-16(11-7-14)24(3,21)22/h4-12H,1-3H3. The van der Waals surface area contributed by atoms with Gasteiger partial charge in [0.2, 0.25) is 0 Å². The predicted octanol–water partition coefficient (Wildman–Crippen LogP) is 3.17. The molecule has 0 N–H and O–H groups in total. The Morgan fingerprint density at radius 1 is 0.958 bits per heavy atom. The fraction of sp³-hybridized carbons (Fsp3) is 0.167. The van der Waals surface area contributed by atoms with Crippen LogP contribution in [0.25, 0.3) is 22.4 Å². The zero-order valence-corrected chi connectivity index (χ0v) is 14.5. The molecular weight excluding hydrogens is 324 g/mol. The van der Waals surface area contributed by atoms with E-state index in [9.17, 15) is 8.42 Å². The lowest BCUT2D eigenvalue weighted by atomic mass is 10.0. The van der Waals surface area contributed by atoms with Crippen LogP contribution >= 0.6 is 0 Å². The van der Waals surface area contributed by atoms with Gasteiger partial charge in [-0.3, -0.25) is 4.68 Å². The molecule has 5 nitrogen and oxygen atoms in total. The summed E-state index contributed by atoms with van der Waals surface area (Å²) in [7, 11) is 0.289. The van der Waals surface area contributed by atoms with Crippen molar-refractivity contribution in [3.05, 3.63) is 54.7 Å². The van der Waals surface area contributed by atoms with Crippen LogP contribution in [0.3, 0.4) is 0 Å². The molecule has 0 aliphatic rings. The predicted molar refractivity (Wildman–Crippen MR) is 93.7 cm³/mol. The normalized spacial score (nSPS) is 11.5. The van der Waals surface area contributed by atoms with E-state index in [1.165, 1.54) is 6.26 Å². The third kappa shape index (κ3) is 3.19. The minimum Gasteiger partial charge on any atom is -0.497 e. The number of methoxy groups -OCH3 is 1. The van der Waals surface area contributed by atoms with Crippen LogP contribution in [0.4, 0.5) is 0 Å². The number of hydrogen-bond donors (Lipinski definition) is 0. The summed E-state index contributed by atoms with van der Waals surface area (Å²) >= 11 is 0. The molecule has 0 atom stereocenters. The molecule has 0 spiro atoms. The molecule has 1 heterocycles.